The second kappa shape index (κ2) is 8.20. The first kappa shape index (κ1) is 22.8. The van der Waals surface area contributed by atoms with Gasteiger partial charge < -0.3 is 9.16 Å². The van der Waals surface area contributed by atoms with Crippen LogP contribution < -0.4 is 4.72 Å². The predicted octanol–water partition coefficient (Wildman–Crippen LogP) is 3.23. The van der Waals surface area contributed by atoms with Gasteiger partial charge in [0.2, 0.25) is 10.0 Å². The van der Waals surface area contributed by atoms with Crippen molar-refractivity contribution in [3.8, 4) is 0 Å². The summed E-state index contributed by atoms with van der Waals surface area (Å²) in [7, 11) is -4.81. The summed E-state index contributed by atoms with van der Waals surface area (Å²) in [6, 6.07) is 5.74. The third kappa shape index (κ3) is 5.64. The van der Waals surface area contributed by atoms with Crippen LogP contribution in [0.15, 0.2) is 29.2 Å². The zero-order chi connectivity index (χ0) is 20.3. The first-order valence-corrected chi connectivity index (χ1v) is 12.9. The van der Waals surface area contributed by atoms with Crippen molar-refractivity contribution >= 4 is 24.3 Å². The Morgan fingerprint density at radius 3 is 2.08 bits per heavy atom. The van der Waals surface area contributed by atoms with Gasteiger partial charge in [0.05, 0.1) is 18.0 Å². The molecule has 0 radical (unpaired) electrons. The van der Waals surface area contributed by atoms with E-state index in [1.807, 2.05) is 20.0 Å². The molecule has 148 valence electrons. The fourth-order valence-corrected chi connectivity index (χ4v) is 4.59. The number of carbonyl (C=O) groups excluding carboxylic acids is 1. The van der Waals surface area contributed by atoms with Crippen LogP contribution in [0.5, 0.6) is 0 Å². The number of nitrogens with one attached hydrogen (secondary N) is 1. The van der Waals surface area contributed by atoms with Gasteiger partial charge in [-0.1, -0.05) is 38.5 Å². The third-order valence-corrected chi connectivity index (χ3v) is 10.8. The largest absolute Gasteiger partial charge is 0.467 e. The predicted molar refractivity (Wildman–Crippen MR) is 105 cm³/mol. The first-order valence-electron chi connectivity index (χ1n) is 8.56. The monoisotopic (exact) mass is 401 g/mol. The zero-order valence-electron chi connectivity index (χ0n) is 16.9. The topological polar surface area (TPSA) is 81.7 Å². The van der Waals surface area contributed by atoms with E-state index < -0.39 is 36.5 Å². The Morgan fingerprint density at radius 2 is 1.65 bits per heavy atom. The van der Waals surface area contributed by atoms with Gasteiger partial charge >= 0.3 is 5.97 Å². The van der Waals surface area contributed by atoms with Crippen molar-refractivity contribution in [2.24, 2.45) is 0 Å². The van der Waals surface area contributed by atoms with E-state index >= 15 is 0 Å². The molecule has 0 spiro atoms. The van der Waals surface area contributed by atoms with Gasteiger partial charge in [0.25, 0.3) is 0 Å². The highest BCUT2D eigenvalue weighted by Gasteiger charge is 2.43. The van der Waals surface area contributed by atoms with E-state index in [0.29, 0.717) is 0 Å². The summed E-state index contributed by atoms with van der Waals surface area (Å²) in [5.74, 6) is -0.589. The molecule has 2 atom stereocenters. The molecule has 1 unspecified atom stereocenters. The molecule has 0 aromatic heterocycles. The van der Waals surface area contributed by atoms with Crippen molar-refractivity contribution in [2.75, 3.05) is 7.11 Å². The molecule has 0 saturated heterocycles. The van der Waals surface area contributed by atoms with Crippen molar-refractivity contribution in [3.63, 3.8) is 0 Å². The Hall–Kier alpha value is -1.22. The Bertz CT molecular complexity index is 723. The molecule has 0 aliphatic carbocycles. The van der Waals surface area contributed by atoms with E-state index in [0.717, 1.165) is 5.56 Å². The van der Waals surface area contributed by atoms with Crippen LogP contribution >= 0.6 is 0 Å². The molecule has 0 heterocycles. The molecule has 26 heavy (non-hydrogen) atoms. The van der Waals surface area contributed by atoms with Gasteiger partial charge in [-0.3, -0.25) is 0 Å². The minimum absolute atomic E-state index is 0.130. The van der Waals surface area contributed by atoms with Gasteiger partial charge in [0, 0.05) is 0 Å². The van der Waals surface area contributed by atoms with Gasteiger partial charge in [-0.05, 0) is 44.1 Å². The number of benzene rings is 1. The highest BCUT2D eigenvalue weighted by Crippen LogP contribution is 2.37. The molecule has 0 aliphatic rings. The fraction of sp³-hybridized carbons (Fsp3) is 0.611. The average Bonchev–Trinajstić information content (AvgIpc) is 2.50. The van der Waals surface area contributed by atoms with E-state index in [2.05, 4.69) is 25.5 Å². The molecular weight excluding hydrogens is 370 g/mol. The summed E-state index contributed by atoms with van der Waals surface area (Å²) in [5.41, 5.74) is 0.964. The van der Waals surface area contributed by atoms with Crippen LogP contribution in [0.3, 0.4) is 0 Å². The standard InChI is InChI=1S/C18H31NO5SSi/c1-13-9-11-15(12-10-13)25(21,22)19-14(2)16(17(20)23-6)24-26(7,8)18(3,4)5/h9-12,14,16,19H,1-8H3/t14-,16?/m0/s1. The Labute approximate surface area is 158 Å². The number of methoxy groups -OCH3 is 1. The van der Waals surface area contributed by atoms with Gasteiger partial charge in [-0.25, -0.2) is 17.9 Å². The quantitative estimate of drug-likeness (QED) is 0.560. The first-order chi connectivity index (χ1) is 11.7. The van der Waals surface area contributed by atoms with Crippen LogP contribution in [0.1, 0.15) is 33.3 Å². The lowest BCUT2D eigenvalue weighted by Gasteiger charge is -2.39. The van der Waals surface area contributed by atoms with Crippen LogP contribution in [0.25, 0.3) is 0 Å². The minimum Gasteiger partial charge on any atom is -0.467 e. The lowest BCUT2D eigenvalue weighted by Crippen LogP contribution is -2.53. The summed E-state index contributed by atoms with van der Waals surface area (Å²) < 4.78 is 38.8. The smallest absolute Gasteiger partial charge is 0.335 e. The van der Waals surface area contributed by atoms with E-state index in [-0.39, 0.29) is 9.93 Å². The summed E-state index contributed by atoms with van der Waals surface area (Å²) in [6.07, 6.45) is -1.01. The molecule has 1 N–H and O–H groups in total. The van der Waals surface area contributed by atoms with Crippen molar-refractivity contribution < 1.29 is 22.4 Å². The normalized spacial score (nSPS) is 15.4. The molecule has 0 amide bonds. The number of carbonyl (C=O) groups is 1. The fourth-order valence-electron chi connectivity index (χ4n) is 2.06. The maximum atomic E-state index is 12.6. The number of esters is 1. The lowest BCUT2D eigenvalue weighted by molar-refractivity contribution is -0.150. The molecule has 6 nitrogen and oxygen atoms in total. The molecule has 1 rings (SSSR count). The van der Waals surface area contributed by atoms with Gasteiger partial charge in [-0.2, -0.15) is 0 Å². The van der Waals surface area contributed by atoms with Crippen LogP contribution in [0.4, 0.5) is 0 Å². The van der Waals surface area contributed by atoms with Gasteiger partial charge in [0.1, 0.15) is 0 Å². The molecule has 8 heteroatoms. The van der Waals surface area contributed by atoms with Crippen molar-refractivity contribution in [2.45, 2.75) is 69.8 Å². The molecule has 1 aromatic carbocycles. The van der Waals surface area contributed by atoms with Crippen LogP contribution in [0, 0.1) is 6.92 Å². The molecular formula is C18H31NO5SSi. The molecule has 0 aliphatic heterocycles. The summed E-state index contributed by atoms with van der Waals surface area (Å²) in [6.45, 7) is 13.7. The molecule has 0 fully saturated rings. The highest BCUT2D eigenvalue weighted by molar-refractivity contribution is 7.89. The maximum absolute atomic E-state index is 12.6. The number of aryl methyl sites for hydroxylation is 1. The lowest BCUT2D eigenvalue weighted by atomic mass is 10.2. The zero-order valence-corrected chi connectivity index (χ0v) is 18.7. The van der Waals surface area contributed by atoms with Gasteiger partial charge in [-0.15, -0.1) is 0 Å². The molecule has 1 aromatic rings. The summed E-state index contributed by atoms with van der Waals surface area (Å²) >= 11 is 0. The second-order valence-electron chi connectivity index (χ2n) is 8.04. The SMILES string of the molecule is COC(=O)C(O[Si](C)(C)C(C)(C)C)[C@H](C)NS(=O)(=O)c1ccc(C)cc1. The number of rotatable bonds is 7. The number of hydrogen-bond acceptors (Lipinski definition) is 5. The summed E-state index contributed by atoms with van der Waals surface area (Å²) in [5, 5.41) is -0.130. The number of hydrogen-bond donors (Lipinski definition) is 1. The van der Waals surface area contributed by atoms with Crippen LogP contribution in [-0.4, -0.2) is 42.0 Å². The van der Waals surface area contributed by atoms with E-state index in [1.54, 1.807) is 19.1 Å². The molecule has 0 bridgehead atoms. The third-order valence-electron chi connectivity index (χ3n) is 4.79. The van der Waals surface area contributed by atoms with E-state index in [1.165, 1.54) is 19.2 Å². The van der Waals surface area contributed by atoms with Gasteiger partial charge in [0.15, 0.2) is 14.4 Å². The number of ether oxygens (including phenoxy) is 1. The number of sulfonamides is 1. The highest BCUT2D eigenvalue weighted by atomic mass is 32.2. The molecule has 0 saturated carbocycles. The maximum Gasteiger partial charge on any atom is 0.335 e. The Morgan fingerprint density at radius 1 is 1.15 bits per heavy atom. The second-order valence-corrected chi connectivity index (χ2v) is 14.5. The van der Waals surface area contributed by atoms with E-state index in [4.69, 9.17) is 9.16 Å². The average molecular weight is 402 g/mol. The van der Waals surface area contributed by atoms with Crippen molar-refractivity contribution in [1.29, 1.82) is 0 Å². The van der Waals surface area contributed by atoms with Crippen LogP contribution in [-0.2, 0) is 24.0 Å². The van der Waals surface area contributed by atoms with Crippen LogP contribution in [0.2, 0.25) is 18.1 Å². The minimum atomic E-state index is -3.78. The van der Waals surface area contributed by atoms with Crippen molar-refractivity contribution in [3.05, 3.63) is 29.8 Å². The Kier molecular flexibility index (Phi) is 7.20. The Balaban J connectivity index is 3.08. The van der Waals surface area contributed by atoms with Crippen molar-refractivity contribution in [1.82, 2.24) is 4.72 Å². The van der Waals surface area contributed by atoms with E-state index in [9.17, 15) is 13.2 Å². The summed E-state index contributed by atoms with van der Waals surface area (Å²) in [4.78, 5) is 12.4.